The van der Waals surface area contributed by atoms with Crippen molar-refractivity contribution in [3.63, 3.8) is 0 Å². The van der Waals surface area contributed by atoms with E-state index in [2.05, 4.69) is 65.8 Å². The Morgan fingerprint density at radius 1 is 0.880 bits per heavy atom. The number of benzene rings is 2. The summed E-state index contributed by atoms with van der Waals surface area (Å²) in [6.07, 6.45) is 2.20. The van der Waals surface area contributed by atoms with Gasteiger partial charge in [0.15, 0.2) is 0 Å². The van der Waals surface area contributed by atoms with Crippen molar-refractivity contribution in [1.29, 1.82) is 0 Å². The molecule has 132 valence electrons. The molecule has 2 heteroatoms. The van der Waals surface area contributed by atoms with Crippen LogP contribution in [0.2, 0.25) is 0 Å². The summed E-state index contributed by atoms with van der Waals surface area (Å²) in [5, 5.41) is 10.9. The van der Waals surface area contributed by atoms with Gasteiger partial charge in [0, 0.05) is 16.7 Å². The van der Waals surface area contributed by atoms with Gasteiger partial charge >= 0.3 is 0 Å². The first kappa shape index (κ1) is 17.6. The van der Waals surface area contributed by atoms with Gasteiger partial charge in [0.1, 0.15) is 18.1 Å². The van der Waals surface area contributed by atoms with Gasteiger partial charge in [-0.25, -0.2) is 0 Å². The van der Waals surface area contributed by atoms with Crippen LogP contribution >= 0.6 is 0 Å². The van der Waals surface area contributed by atoms with E-state index in [1.807, 2.05) is 18.2 Å². The van der Waals surface area contributed by atoms with Gasteiger partial charge in [0.05, 0.1) is 0 Å². The van der Waals surface area contributed by atoms with Crippen LogP contribution < -0.4 is 4.74 Å². The van der Waals surface area contributed by atoms with Crippen LogP contribution in [-0.4, -0.2) is 11.7 Å². The van der Waals surface area contributed by atoms with Crippen molar-refractivity contribution in [2.24, 2.45) is 0 Å². The van der Waals surface area contributed by atoms with Crippen LogP contribution in [0.5, 0.6) is 11.5 Å². The maximum absolute atomic E-state index is 10.9. The third-order valence-corrected chi connectivity index (χ3v) is 4.73. The second kappa shape index (κ2) is 5.94. The van der Waals surface area contributed by atoms with Crippen molar-refractivity contribution in [2.75, 3.05) is 6.61 Å². The summed E-state index contributed by atoms with van der Waals surface area (Å²) in [7, 11) is 0. The molecule has 0 amide bonds. The Hall–Kier alpha value is -2.22. The summed E-state index contributed by atoms with van der Waals surface area (Å²) < 4.78 is 5.94. The highest BCUT2D eigenvalue weighted by molar-refractivity contribution is 5.86. The van der Waals surface area contributed by atoms with Gasteiger partial charge in [-0.2, -0.15) is 0 Å². The molecule has 0 aromatic heterocycles. The summed E-state index contributed by atoms with van der Waals surface area (Å²) in [6.45, 7) is 13.4. The fourth-order valence-electron chi connectivity index (χ4n) is 3.25. The van der Waals surface area contributed by atoms with Gasteiger partial charge in [-0.05, 0) is 46.2 Å². The molecule has 0 saturated carbocycles. The molecule has 0 atom stereocenters. The summed E-state index contributed by atoms with van der Waals surface area (Å²) in [4.78, 5) is 0. The van der Waals surface area contributed by atoms with E-state index >= 15 is 0 Å². The Morgan fingerprint density at radius 3 is 2.00 bits per heavy atom. The van der Waals surface area contributed by atoms with Crippen molar-refractivity contribution in [2.45, 2.75) is 52.4 Å². The molecule has 1 N–H and O–H groups in total. The van der Waals surface area contributed by atoms with Crippen LogP contribution in [0.15, 0.2) is 36.4 Å². The highest BCUT2D eigenvalue weighted by Gasteiger charge is 2.27. The molecular weight excluding hydrogens is 308 g/mol. The van der Waals surface area contributed by atoms with E-state index in [4.69, 9.17) is 4.74 Å². The fraction of sp³-hybridized carbons (Fsp3) is 0.391. The minimum Gasteiger partial charge on any atom is -0.507 e. The number of fused-ring (bicyclic) bond motifs is 1. The number of phenolic OH excluding ortho intramolecular Hbond substituents is 1. The number of hydrogen-bond acceptors (Lipinski definition) is 2. The summed E-state index contributed by atoms with van der Waals surface area (Å²) in [5.74, 6) is 1.35. The topological polar surface area (TPSA) is 29.5 Å². The molecule has 0 unspecified atom stereocenters. The van der Waals surface area contributed by atoms with Crippen molar-refractivity contribution in [1.82, 2.24) is 0 Å². The Balaban J connectivity index is 2.19. The Bertz CT molecular complexity index is 795. The molecule has 0 spiro atoms. The van der Waals surface area contributed by atoms with E-state index in [1.165, 1.54) is 0 Å². The van der Waals surface area contributed by atoms with Crippen molar-refractivity contribution in [3.8, 4) is 11.5 Å². The lowest BCUT2D eigenvalue weighted by Crippen LogP contribution is -2.18. The predicted molar refractivity (Wildman–Crippen MR) is 105 cm³/mol. The molecule has 2 aromatic carbocycles. The molecule has 3 rings (SSSR count). The van der Waals surface area contributed by atoms with Crippen molar-refractivity contribution >= 4 is 11.6 Å². The van der Waals surface area contributed by atoms with Gasteiger partial charge in [-0.3, -0.25) is 0 Å². The van der Waals surface area contributed by atoms with Crippen molar-refractivity contribution < 1.29 is 9.84 Å². The largest absolute Gasteiger partial charge is 0.507 e. The van der Waals surface area contributed by atoms with Gasteiger partial charge in [0.2, 0.25) is 0 Å². The lowest BCUT2D eigenvalue weighted by Gasteiger charge is -2.29. The molecule has 1 aliphatic rings. The van der Waals surface area contributed by atoms with Crippen LogP contribution in [-0.2, 0) is 10.8 Å². The normalized spacial score (nSPS) is 14.6. The molecule has 0 saturated heterocycles. The lowest BCUT2D eigenvalue weighted by molar-refractivity contribution is 0.365. The smallest absolute Gasteiger partial charge is 0.127 e. The fourth-order valence-corrected chi connectivity index (χ4v) is 3.25. The maximum Gasteiger partial charge on any atom is 0.127 e. The molecule has 0 aliphatic carbocycles. The summed E-state index contributed by atoms with van der Waals surface area (Å²) in [6, 6.07) is 12.3. The second-order valence-electron chi connectivity index (χ2n) is 8.92. The van der Waals surface area contributed by atoms with Crippen molar-refractivity contribution in [3.05, 3.63) is 58.7 Å². The Morgan fingerprint density at radius 2 is 1.44 bits per heavy atom. The third kappa shape index (κ3) is 3.44. The van der Waals surface area contributed by atoms with E-state index < -0.39 is 0 Å². The van der Waals surface area contributed by atoms with Gasteiger partial charge in [0.25, 0.3) is 0 Å². The first-order valence-corrected chi connectivity index (χ1v) is 8.88. The molecule has 0 bridgehead atoms. The minimum atomic E-state index is -0.131. The zero-order valence-electron chi connectivity index (χ0n) is 16.1. The second-order valence-corrected chi connectivity index (χ2v) is 8.92. The molecule has 0 fully saturated rings. The zero-order chi connectivity index (χ0) is 18.4. The van der Waals surface area contributed by atoms with E-state index in [-0.39, 0.29) is 10.8 Å². The number of ether oxygens (including phenoxy) is 1. The first-order chi connectivity index (χ1) is 11.6. The third-order valence-electron chi connectivity index (χ3n) is 4.73. The van der Waals surface area contributed by atoms with Crippen LogP contribution in [0, 0.1) is 0 Å². The number of aromatic hydroxyl groups is 1. The summed E-state index contributed by atoms with van der Waals surface area (Å²) >= 11 is 0. The lowest BCUT2D eigenvalue weighted by atomic mass is 9.77. The molecule has 1 heterocycles. The number of phenols is 1. The average molecular weight is 336 g/mol. The highest BCUT2D eigenvalue weighted by Crippen LogP contribution is 2.42. The van der Waals surface area contributed by atoms with E-state index in [9.17, 15) is 5.11 Å². The highest BCUT2D eigenvalue weighted by atomic mass is 16.5. The van der Waals surface area contributed by atoms with Gasteiger partial charge < -0.3 is 9.84 Å². The molecule has 0 radical (unpaired) electrons. The number of rotatable bonds is 1. The SMILES string of the molecule is CC(C)(C)c1cc(C2=Cc3ccccc3OC2)cc(C(C)(C)C)c1O. The van der Waals surface area contributed by atoms with E-state index in [0.29, 0.717) is 12.4 Å². The average Bonchev–Trinajstić information content (AvgIpc) is 2.52. The maximum atomic E-state index is 10.9. The quantitative estimate of drug-likeness (QED) is 0.700. The first-order valence-electron chi connectivity index (χ1n) is 8.88. The Kier molecular flexibility index (Phi) is 4.18. The van der Waals surface area contributed by atoms with E-state index in [0.717, 1.165) is 33.6 Å². The zero-order valence-corrected chi connectivity index (χ0v) is 16.1. The number of para-hydroxylation sites is 1. The van der Waals surface area contributed by atoms with Crippen LogP contribution in [0.1, 0.15) is 63.8 Å². The molecular formula is C23H28O2. The predicted octanol–water partition coefficient (Wildman–Crippen LogP) is 5.92. The van der Waals surface area contributed by atoms with Gasteiger partial charge in [-0.15, -0.1) is 0 Å². The molecule has 2 aromatic rings. The minimum absolute atomic E-state index is 0.131. The van der Waals surface area contributed by atoms with Crippen LogP contribution in [0.3, 0.4) is 0 Å². The van der Waals surface area contributed by atoms with Gasteiger partial charge in [-0.1, -0.05) is 59.7 Å². The van der Waals surface area contributed by atoms with Crippen LogP contribution in [0.25, 0.3) is 11.6 Å². The molecule has 25 heavy (non-hydrogen) atoms. The standard InChI is InChI=1S/C23H28O2/c1-22(2,3)18-12-16(13-19(21(18)24)23(4,5)6)17-11-15-9-7-8-10-20(15)25-14-17/h7-13,24H,14H2,1-6H3. The molecule has 2 nitrogen and oxygen atoms in total. The Labute approximate surface area is 151 Å². The monoisotopic (exact) mass is 336 g/mol. The van der Waals surface area contributed by atoms with E-state index in [1.54, 1.807) is 0 Å². The van der Waals surface area contributed by atoms with Crippen LogP contribution in [0.4, 0.5) is 0 Å². The number of hydrogen-bond donors (Lipinski definition) is 1. The summed E-state index contributed by atoms with van der Waals surface area (Å²) in [5.41, 5.74) is 5.08. The molecule has 1 aliphatic heterocycles.